The van der Waals surface area contributed by atoms with Gasteiger partial charge in [0.25, 0.3) is 0 Å². The second-order valence-electron chi connectivity index (χ2n) is 8.97. The molecule has 15 heteroatoms. The molecule has 14 nitrogen and oxygen atoms in total. The van der Waals surface area contributed by atoms with Gasteiger partial charge in [-0.15, -0.1) is 0 Å². The number of ether oxygens (including phenoxy) is 3. The number of hydrogen-bond acceptors (Lipinski definition) is 9. The Hall–Kier alpha value is -3.23. The number of amides is 2. The minimum absolute atomic E-state index is 0.218. The van der Waals surface area contributed by atoms with Gasteiger partial charge < -0.3 is 29.3 Å². The molecule has 2 saturated heterocycles. The second kappa shape index (κ2) is 11.9. The summed E-state index contributed by atoms with van der Waals surface area (Å²) >= 11 is 0. The van der Waals surface area contributed by atoms with E-state index in [0.717, 1.165) is 18.4 Å². The molecule has 1 aromatic carbocycles. The second-order valence-corrected chi connectivity index (χ2v) is 10.2. The molecule has 2 aliphatic rings. The fourth-order valence-corrected chi connectivity index (χ4v) is 4.73. The van der Waals surface area contributed by atoms with Gasteiger partial charge in [-0.1, -0.05) is 49.8 Å². The van der Waals surface area contributed by atoms with Crippen molar-refractivity contribution in [2.45, 2.75) is 50.6 Å². The topological polar surface area (TPSA) is 179 Å². The van der Waals surface area contributed by atoms with Crippen molar-refractivity contribution in [3.8, 4) is 0 Å². The number of unbranched alkanes of at least 4 members (excludes halogenated alkanes) is 1. The molecule has 0 aliphatic carbocycles. The summed E-state index contributed by atoms with van der Waals surface area (Å²) < 4.78 is 36.0. The third-order valence-electron chi connectivity index (χ3n) is 6.20. The lowest BCUT2D eigenvalue weighted by atomic mass is 10.1. The van der Waals surface area contributed by atoms with Crippen LogP contribution in [0.1, 0.15) is 31.6 Å². The minimum atomic E-state index is -4.75. The van der Waals surface area contributed by atoms with Crippen LogP contribution in [-0.2, 0) is 23.3 Å². The number of carbonyl (C=O) groups is 1. The molecule has 0 radical (unpaired) electrons. The van der Waals surface area contributed by atoms with E-state index in [2.05, 4.69) is 25.6 Å². The van der Waals surface area contributed by atoms with E-state index in [9.17, 15) is 19.1 Å². The van der Waals surface area contributed by atoms with E-state index >= 15 is 0 Å². The number of imidazole rings is 1. The maximum atomic E-state index is 12.3. The lowest BCUT2D eigenvalue weighted by Gasteiger charge is -2.20. The van der Waals surface area contributed by atoms with E-state index in [1.165, 1.54) is 12.7 Å². The van der Waals surface area contributed by atoms with Crippen molar-refractivity contribution < 1.29 is 37.9 Å². The molecule has 0 bridgehead atoms. The molecule has 2 amide bonds. The fourth-order valence-electron chi connectivity index (χ4n) is 4.39. The van der Waals surface area contributed by atoms with Gasteiger partial charge in [0, 0.05) is 6.54 Å². The normalized spacial score (nSPS) is 24.8. The Kier molecular flexibility index (Phi) is 8.33. The Balaban J connectivity index is 1.38. The average Bonchev–Trinajstić information content (AvgIpc) is 3.61. The molecule has 2 aliphatic heterocycles. The number of nitrogens with zero attached hydrogens (tertiary/aromatic N) is 4. The highest BCUT2D eigenvalue weighted by atomic mass is 31.2. The first-order chi connectivity index (χ1) is 18.8. The van der Waals surface area contributed by atoms with Gasteiger partial charge in [0.15, 0.2) is 29.5 Å². The Morgan fingerprint density at radius 3 is 2.72 bits per heavy atom. The summed E-state index contributed by atoms with van der Waals surface area (Å²) in [5.74, 6) is 0.218. The van der Waals surface area contributed by atoms with Gasteiger partial charge >= 0.3 is 13.9 Å². The number of phosphoric acid groups is 1. The summed E-state index contributed by atoms with van der Waals surface area (Å²) in [6.45, 7) is 2.13. The number of carbonyl (C=O) groups excluding carboxylic acids is 1. The van der Waals surface area contributed by atoms with E-state index in [4.69, 9.17) is 18.7 Å². The largest absolute Gasteiger partial charge is 0.469 e. The molecule has 4 N–H and O–H groups in total. The van der Waals surface area contributed by atoms with Crippen LogP contribution in [0.5, 0.6) is 0 Å². The number of urea groups is 1. The van der Waals surface area contributed by atoms with Crippen LogP contribution in [0.2, 0.25) is 0 Å². The van der Waals surface area contributed by atoms with Crippen LogP contribution in [0, 0.1) is 0 Å². The molecule has 2 fully saturated rings. The molecule has 39 heavy (non-hydrogen) atoms. The van der Waals surface area contributed by atoms with E-state index in [-0.39, 0.29) is 5.82 Å². The molecule has 4 heterocycles. The van der Waals surface area contributed by atoms with Crippen molar-refractivity contribution >= 4 is 36.9 Å². The quantitative estimate of drug-likeness (QED) is 0.211. The number of phosphoric ester groups is 1. The summed E-state index contributed by atoms with van der Waals surface area (Å²) in [6, 6.07) is 9.19. The first-order valence-corrected chi connectivity index (χ1v) is 14.0. The SMILES string of the molecule is CCCCNC(=O)Nc1ncnc2c1ncn2[C@@H]1O[C@H](COP(=O)(O)O)C2OC(/C=C/c3ccccc3)O[C@@H]21. The Morgan fingerprint density at radius 1 is 1.15 bits per heavy atom. The Bertz CT molecular complexity index is 1370. The van der Waals surface area contributed by atoms with Crippen LogP contribution in [-0.4, -0.2) is 73.1 Å². The van der Waals surface area contributed by atoms with Crippen molar-refractivity contribution in [2.75, 3.05) is 18.5 Å². The first kappa shape index (κ1) is 27.3. The van der Waals surface area contributed by atoms with Gasteiger partial charge in [0.05, 0.1) is 12.9 Å². The van der Waals surface area contributed by atoms with E-state index in [1.54, 1.807) is 10.6 Å². The first-order valence-electron chi connectivity index (χ1n) is 12.4. The number of aromatic nitrogens is 4. The summed E-state index contributed by atoms with van der Waals surface area (Å²) in [5, 5.41) is 5.45. The maximum absolute atomic E-state index is 12.3. The average molecular weight is 561 g/mol. The lowest BCUT2D eigenvalue weighted by Crippen LogP contribution is -2.31. The van der Waals surface area contributed by atoms with E-state index in [0.29, 0.717) is 17.7 Å². The highest BCUT2D eigenvalue weighted by Crippen LogP contribution is 2.43. The summed E-state index contributed by atoms with van der Waals surface area (Å²) in [4.78, 5) is 43.6. The van der Waals surface area contributed by atoms with Gasteiger partial charge in [-0.25, -0.2) is 24.3 Å². The molecule has 0 saturated carbocycles. The predicted octanol–water partition coefficient (Wildman–Crippen LogP) is 2.58. The highest BCUT2D eigenvalue weighted by molar-refractivity contribution is 7.46. The summed E-state index contributed by atoms with van der Waals surface area (Å²) in [6.07, 6.45) is 4.37. The van der Waals surface area contributed by atoms with Crippen LogP contribution in [0.3, 0.4) is 0 Å². The molecule has 2 aromatic heterocycles. The zero-order valence-electron chi connectivity index (χ0n) is 21.0. The Morgan fingerprint density at radius 2 is 1.95 bits per heavy atom. The monoisotopic (exact) mass is 560 g/mol. The van der Waals surface area contributed by atoms with Crippen LogP contribution < -0.4 is 10.6 Å². The number of benzene rings is 1. The molecule has 3 aromatic rings. The van der Waals surface area contributed by atoms with Crippen molar-refractivity contribution in [3.05, 3.63) is 54.6 Å². The van der Waals surface area contributed by atoms with Gasteiger partial charge in [-0.2, -0.15) is 0 Å². The lowest BCUT2D eigenvalue weighted by molar-refractivity contribution is -0.132. The van der Waals surface area contributed by atoms with Crippen molar-refractivity contribution in [3.63, 3.8) is 0 Å². The van der Waals surface area contributed by atoms with E-state index in [1.807, 2.05) is 43.3 Å². The smallest absolute Gasteiger partial charge is 0.347 e. The molecule has 5 atom stereocenters. The third kappa shape index (κ3) is 6.50. The number of rotatable bonds is 10. The Labute approximate surface area is 223 Å². The van der Waals surface area contributed by atoms with Gasteiger partial charge in [-0.05, 0) is 18.1 Å². The summed E-state index contributed by atoms with van der Waals surface area (Å²) in [7, 11) is -4.75. The van der Waals surface area contributed by atoms with Gasteiger partial charge in [-0.3, -0.25) is 14.4 Å². The zero-order chi connectivity index (χ0) is 27.4. The van der Waals surface area contributed by atoms with Crippen molar-refractivity contribution in [2.24, 2.45) is 0 Å². The fraction of sp³-hybridized carbons (Fsp3) is 0.417. The number of nitrogens with one attached hydrogen (secondary N) is 2. The number of hydrogen-bond donors (Lipinski definition) is 4. The van der Waals surface area contributed by atoms with Crippen molar-refractivity contribution in [1.82, 2.24) is 24.8 Å². The summed E-state index contributed by atoms with van der Waals surface area (Å²) in [5.41, 5.74) is 1.64. The third-order valence-corrected chi connectivity index (χ3v) is 6.69. The van der Waals surface area contributed by atoms with Crippen molar-refractivity contribution in [1.29, 1.82) is 0 Å². The highest BCUT2D eigenvalue weighted by Gasteiger charge is 2.53. The number of fused-ring (bicyclic) bond motifs is 2. The number of anilines is 1. The van der Waals surface area contributed by atoms with E-state index < -0.39 is 51.3 Å². The van der Waals surface area contributed by atoms with Crippen LogP contribution >= 0.6 is 7.82 Å². The predicted molar refractivity (Wildman–Crippen MR) is 138 cm³/mol. The van der Waals surface area contributed by atoms with Crippen LogP contribution in [0.15, 0.2) is 49.1 Å². The maximum Gasteiger partial charge on any atom is 0.469 e. The van der Waals surface area contributed by atoms with Gasteiger partial charge in [0.1, 0.15) is 24.6 Å². The standard InChI is InChI=1S/C24H29N6O8P/c1-2-3-11-25-24(31)29-21-18-22(27-13-26-21)30(14-28-18)23-20-19(16(36-23)12-35-39(32,33)34)37-17(38-20)10-9-15-7-5-4-6-8-15/h4-10,13-14,16-17,19-20,23H,2-3,11-12H2,1H3,(H2,32,33,34)(H2,25,26,27,29,31)/b10-9+/t16-,17?,19?,20+,23-/m1/s1. The molecular formula is C24H29N6O8P. The molecule has 5 rings (SSSR count). The molecular weight excluding hydrogens is 531 g/mol. The minimum Gasteiger partial charge on any atom is -0.347 e. The molecule has 208 valence electrons. The van der Waals surface area contributed by atoms with Crippen LogP contribution in [0.25, 0.3) is 17.2 Å². The molecule has 0 spiro atoms. The zero-order valence-corrected chi connectivity index (χ0v) is 21.9. The molecule has 2 unspecified atom stereocenters. The van der Waals surface area contributed by atoms with Gasteiger partial charge in [0.2, 0.25) is 0 Å². The van der Waals surface area contributed by atoms with Crippen LogP contribution in [0.4, 0.5) is 10.6 Å².